The molecule has 112 valence electrons. The van der Waals surface area contributed by atoms with Gasteiger partial charge >= 0.3 is 0 Å². The largest absolute Gasteiger partial charge is 0.375 e. The quantitative estimate of drug-likeness (QED) is 0.530. The van der Waals surface area contributed by atoms with Crippen LogP contribution in [0.5, 0.6) is 0 Å². The second-order valence-electron chi connectivity index (χ2n) is 4.78. The SMILES string of the molecule is NC(=S)N1N=C(c2cccs2)C[C@@H]1c1ccc([N+](=O)[O-])cc1. The van der Waals surface area contributed by atoms with Crippen molar-refractivity contribution in [3.05, 3.63) is 62.3 Å². The van der Waals surface area contributed by atoms with Crippen molar-refractivity contribution in [1.82, 2.24) is 5.01 Å². The third-order valence-corrected chi connectivity index (χ3v) is 4.54. The van der Waals surface area contributed by atoms with Crippen LogP contribution in [0.15, 0.2) is 46.9 Å². The fraction of sp³-hybridized carbons (Fsp3) is 0.143. The molecule has 0 spiro atoms. The van der Waals surface area contributed by atoms with E-state index >= 15 is 0 Å². The molecule has 1 aliphatic rings. The van der Waals surface area contributed by atoms with Crippen LogP contribution in [-0.2, 0) is 0 Å². The first kappa shape index (κ1) is 14.6. The summed E-state index contributed by atoms with van der Waals surface area (Å²) in [6, 6.07) is 10.2. The summed E-state index contributed by atoms with van der Waals surface area (Å²) in [6.07, 6.45) is 0.662. The molecule has 0 radical (unpaired) electrons. The van der Waals surface area contributed by atoms with Crippen molar-refractivity contribution in [2.75, 3.05) is 0 Å². The Morgan fingerprint density at radius 2 is 2.14 bits per heavy atom. The lowest BCUT2D eigenvalue weighted by atomic mass is 10.0. The molecular weight excluding hydrogens is 320 g/mol. The summed E-state index contributed by atoms with van der Waals surface area (Å²) >= 11 is 6.68. The van der Waals surface area contributed by atoms with E-state index in [-0.39, 0.29) is 16.8 Å². The number of thiocarbonyl (C=S) groups is 1. The molecule has 3 rings (SSSR count). The molecule has 1 aromatic heterocycles. The van der Waals surface area contributed by atoms with E-state index in [1.165, 1.54) is 12.1 Å². The summed E-state index contributed by atoms with van der Waals surface area (Å²) in [5.41, 5.74) is 7.64. The van der Waals surface area contributed by atoms with Gasteiger partial charge in [0.05, 0.1) is 21.6 Å². The van der Waals surface area contributed by atoms with Crippen molar-refractivity contribution in [1.29, 1.82) is 0 Å². The van der Waals surface area contributed by atoms with Gasteiger partial charge in [-0.15, -0.1) is 11.3 Å². The summed E-state index contributed by atoms with van der Waals surface area (Å²) in [5.74, 6) is 0. The number of nitro groups is 1. The van der Waals surface area contributed by atoms with E-state index in [9.17, 15) is 10.1 Å². The Labute approximate surface area is 136 Å². The van der Waals surface area contributed by atoms with Crippen molar-refractivity contribution >= 4 is 40.1 Å². The van der Waals surface area contributed by atoms with Crippen LogP contribution >= 0.6 is 23.6 Å². The van der Waals surface area contributed by atoms with E-state index in [0.29, 0.717) is 6.42 Å². The van der Waals surface area contributed by atoms with E-state index < -0.39 is 4.92 Å². The summed E-state index contributed by atoms with van der Waals surface area (Å²) in [7, 11) is 0. The zero-order chi connectivity index (χ0) is 15.7. The highest BCUT2D eigenvalue weighted by atomic mass is 32.1. The number of rotatable bonds is 3. The smallest absolute Gasteiger partial charge is 0.269 e. The number of nitrogens with zero attached hydrogens (tertiary/aromatic N) is 3. The van der Waals surface area contributed by atoms with Crippen LogP contribution < -0.4 is 5.73 Å². The van der Waals surface area contributed by atoms with Gasteiger partial charge in [0.15, 0.2) is 5.11 Å². The highest BCUT2D eigenvalue weighted by molar-refractivity contribution is 7.80. The number of nitrogens with two attached hydrogens (primary N) is 1. The molecule has 0 saturated carbocycles. The number of hydrazone groups is 1. The van der Waals surface area contributed by atoms with Crippen LogP contribution in [0.3, 0.4) is 0 Å². The molecule has 0 fully saturated rings. The molecule has 2 heterocycles. The van der Waals surface area contributed by atoms with Crippen molar-refractivity contribution in [2.45, 2.75) is 12.5 Å². The fourth-order valence-corrected chi connectivity index (χ4v) is 3.27. The van der Waals surface area contributed by atoms with Gasteiger partial charge in [-0.05, 0) is 29.2 Å². The molecule has 0 unspecified atom stereocenters. The maximum Gasteiger partial charge on any atom is 0.269 e. The molecule has 2 N–H and O–H groups in total. The highest BCUT2D eigenvalue weighted by Gasteiger charge is 2.31. The minimum Gasteiger partial charge on any atom is -0.375 e. The zero-order valence-electron chi connectivity index (χ0n) is 11.4. The lowest BCUT2D eigenvalue weighted by Crippen LogP contribution is -2.31. The predicted octanol–water partition coefficient (Wildman–Crippen LogP) is 3.05. The van der Waals surface area contributed by atoms with Crippen LogP contribution in [0.25, 0.3) is 0 Å². The maximum atomic E-state index is 10.7. The van der Waals surface area contributed by atoms with E-state index in [4.69, 9.17) is 18.0 Å². The second kappa shape index (κ2) is 5.82. The Morgan fingerprint density at radius 1 is 1.41 bits per heavy atom. The minimum absolute atomic E-state index is 0.0584. The standard InChI is InChI=1S/C14H12N4O2S2/c15-14(21)17-12(8-11(16-17)13-2-1-7-22-13)9-3-5-10(6-4-9)18(19)20/h1-7,12H,8H2,(H2,15,21)/t12-/m1/s1. The van der Waals surface area contributed by atoms with Crippen molar-refractivity contribution in [3.8, 4) is 0 Å². The summed E-state index contributed by atoms with van der Waals surface area (Å²) in [4.78, 5) is 11.4. The first-order valence-electron chi connectivity index (χ1n) is 6.50. The van der Waals surface area contributed by atoms with Crippen LogP contribution in [0, 0.1) is 10.1 Å². The van der Waals surface area contributed by atoms with E-state index in [0.717, 1.165) is 16.2 Å². The Hall–Kier alpha value is -2.32. The van der Waals surface area contributed by atoms with Gasteiger partial charge in [-0.25, -0.2) is 5.01 Å². The summed E-state index contributed by atoms with van der Waals surface area (Å²) in [6.45, 7) is 0. The molecule has 0 bridgehead atoms. The van der Waals surface area contributed by atoms with E-state index in [2.05, 4.69) is 5.10 Å². The van der Waals surface area contributed by atoms with Crippen molar-refractivity contribution < 1.29 is 4.92 Å². The number of nitro benzene ring substituents is 1. The molecule has 1 atom stereocenters. The van der Waals surface area contributed by atoms with Crippen molar-refractivity contribution in [3.63, 3.8) is 0 Å². The fourth-order valence-electron chi connectivity index (χ4n) is 2.38. The molecule has 8 heteroatoms. The zero-order valence-corrected chi connectivity index (χ0v) is 13.0. The predicted molar refractivity (Wildman–Crippen MR) is 89.9 cm³/mol. The molecule has 0 aliphatic carbocycles. The number of thiophene rings is 1. The highest BCUT2D eigenvalue weighted by Crippen LogP contribution is 2.34. The third-order valence-electron chi connectivity index (χ3n) is 3.43. The van der Waals surface area contributed by atoms with E-state index in [1.807, 2.05) is 17.5 Å². The normalized spacial score (nSPS) is 17.4. The van der Waals surface area contributed by atoms with E-state index in [1.54, 1.807) is 28.5 Å². The first-order chi connectivity index (χ1) is 10.6. The lowest BCUT2D eigenvalue weighted by Gasteiger charge is -2.21. The maximum absolute atomic E-state index is 10.7. The van der Waals surface area contributed by atoms with Gasteiger partial charge in [0.2, 0.25) is 0 Å². The summed E-state index contributed by atoms with van der Waals surface area (Å²) in [5, 5.41) is 19.0. The molecule has 1 aromatic carbocycles. The minimum atomic E-state index is -0.419. The number of hydrogen-bond acceptors (Lipinski definition) is 5. The van der Waals surface area contributed by atoms with Gasteiger partial charge in [-0.3, -0.25) is 10.1 Å². The van der Waals surface area contributed by atoms with Crippen LogP contribution in [0.1, 0.15) is 22.9 Å². The number of hydrogen-bond donors (Lipinski definition) is 1. The van der Waals surface area contributed by atoms with Crippen LogP contribution in [0.4, 0.5) is 5.69 Å². The van der Waals surface area contributed by atoms with Gasteiger partial charge in [0.1, 0.15) is 0 Å². The molecule has 6 nitrogen and oxygen atoms in total. The molecule has 0 saturated heterocycles. The van der Waals surface area contributed by atoms with Crippen molar-refractivity contribution in [2.24, 2.45) is 10.8 Å². The number of non-ortho nitro benzene ring substituents is 1. The summed E-state index contributed by atoms with van der Waals surface area (Å²) < 4.78 is 0. The Morgan fingerprint density at radius 3 is 2.68 bits per heavy atom. The molecular formula is C14H12N4O2S2. The van der Waals surface area contributed by atoms with Gasteiger partial charge < -0.3 is 5.73 Å². The average Bonchev–Trinajstić information content (AvgIpc) is 3.16. The molecule has 22 heavy (non-hydrogen) atoms. The Balaban J connectivity index is 1.90. The third kappa shape index (κ3) is 2.70. The lowest BCUT2D eigenvalue weighted by molar-refractivity contribution is -0.384. The monoisotopic (exact) mass is 332 g/mol. The molecule has 1 aliphatic heterocycles. The Kier molecular flexibility index (Phi) is 3.86. The van der Waals surface area contributed by atoms with Crippen LogP contribution in [0.2, 0.25) is 0 Å². The van der Waals surface area contributed by atoms with Gasteiger partial charge in [0, 0.05) is 18.6 Å². The Bertz CT molecular complexity index is 741. The van der Waals surface area contributed by atoms with Gasteiger partial charge in [-0.2, -0.15) is 5.10 Å². The molecule has 2 aromatic rings. The second-order valence-corrected chi connectivity index (χ2v) is 6.14. The average molecular weight is 332 g/mol. The van der Waals surface area contributed by atoms with Gasteiger partial charge in [-0.1, -0.05) is 18.2 Å². The number of benzene rings is 1. The first-order valence-corrected chi connectivity index (χ1v) is 7.79. The van der Waals surface area contributed by atoms with Gasteiger partial charge in [0.25, 0.3) is 5.69 Å². The molecule has 0 amide bonds. The topological polar surface area (TPSA) is 84.8 Å². The van der Waals surface area contributed by atoms with Crippen LogP contribution in [-0.4, -0.2) is 20.8 Å².